The maximum atomic E-state index is 13.4. The Labute approximate surface area is 196 Å². The van der Waals surface area contributed by atoms with Gasteiger partial charge in [-0.25, -0.2) is 4.79 Å². The number of ketones is 1. The molecule has 0 amide bonds. The van der Waals surface area contributed by atoms with Crippen LogP contribution in [0.4, 0.5) is 0 Å². The molecule has 2 aromatic rings. The molecule has 0 radical (unpaired) electrons. The Morgan fingerprint density at radius 2 is 1.90 bits per heavy atom. The third kappa shape index (κ3) is 4.47. The number of nitrogens with one attached hydrogen (secondary N) is 1. The van der Waals surface area contributed by atoms with E-state index in [0.717, 1.165) is 31.7 Å². The van der Waals surface area contributed by atoms with E-state index in [1.807, 2.05) is 49.4 Å². The molecule has 0 bridgehead atoms. The molecule has 160 valence electrons. The van der Waals surface area contributed by atoms with Crippen LogP contribution in [0, 0.1) is 8.99 Å². The zero-order valence-corrected chi connectivity index (χ0v) is 20.2. The molecule has 0 spiro atoms. The molecular weight excluding hydrogens is 501 g/mol. The predicted octanol–water partition coefficient (Wildman–Crippen LogP) is 5.64. The molecule has 31 heavy (non-hydrogen) atoms. The van der Waals surface area contributed by atoms with Crippen molar-refractivity contribution in [1.29, 1.82) is 0 Å². The van der Waals surface area contributed by atoms with Gasteiger partial charge < -0.3 is 10.1 Å². The van der Waals surface area contributed by atoms with Crippen LogP contribution in [-0.2, 0) is 20.9 Å². The molecule has 4 nitrogen and oxygen atoms in total. The standard InChI is InChI=1S/C26H26INO3/c1-16-22(25(30)31-15-17-8-5-4-6-9-17)23(18-10-7-11-19(27)12-18)24-21(28-16)13-20(29)14-26(24,2)3/h4-12,23,28H,13-15H2,1-3H3. The van der Waals surface area contributed by atoms with Crippen molar-refractivity contribution in [3.8, 4) is 0 Å². The van der Waals surface area contributed by atoms with Gasteiger partial charge in [-0.3, -0.25) is 4.79 Å². The molecule has 1 N–H and O–H groups in total. The molecule has 1 unspecified atom stereocenters. The van der Waals surface area contributed by atoms with Crippen LogP contribution in [0.2, 0.25) is 0 Å². The van der Waals surface area contributed by atoms with E-state index in [-0.39, 0.29) is 29.7 Å². The fourth-order valence-electron chi connectivity index (χ4n) is 4.77. The van der Waals surface area contributed by atoms with Crippen LogP contribution in [0.3, 0.4) is 0 Å². The fraction of sp³-hybridized carbons (Fsp3) is 0.308. The lowest BCUT2D eigenvalue weighted by Crippen LogP contribution is -2.39. The van der Waals surface area contributed by atoms with Crippen LogP contribution in [0.5, 0.6) is 0 Å². The zero-order chi connectivity index (χ0) is 22.2. The summed E-state index contributed by atoms with van der Waals surface area (Å²) >= 11 is 2.30. The zero-order valence-electron chi connectivity index (χ0n) is 18.0. The Morgan fingerprint density at radius 1 is 1.16 bits per heavy atom. The number of ether oxygens (including phenoxy) is 1. The van der Waals surface area contributed by atoms with Crippen LogP contribution < -0.4 is 5.32 Å². The summed E-state index contributed by atoms with van der Waals surface area (Å²) < 4.78 is 6.87. The smallest absolute Gasteiger partial charge is 0.337 e. The molecule has 4 rings (SSSR count). The highest BCUT2D eigenvalue weighted by Crippen LogP contribution is 2.51. The Kier molecular flexibility index (Phi) is 6.06. The normalized spacial score (nSPS) is 20.3. The van der Waals surface area contributed by atoms with E-state index in [4.69, 9.17) is 4.74 Å². The molecule has 1 heterocycles. The number of benzene rings is 2. The first-order valence-corrected chi connectivity index (χ1v) is 11.5. The summed E-state index contributed by atoms with van der Waals surface area (Å²) in [5.74, 6) is -0.338. The first-order valence-electron chi connectivity index (χ1n) is 10.5. The van der Waals surface area contributed by atoms with E-state index in [9.17, 15) is 9.59 Å². The number of halogens is 1. The maximum Gasteiger partial charge on any atom is 0.337 e. The first-order chi connectivity index (χ1) is 14.8. The van der Waals surface area contributed by atoms with E-state index in [1.54, 1.807) is 0 Å². The first kappa shape index (κ1) is 21.8. The summed E-state index contributed by atoms with van der Waals surface area (Å²) in [4.78, 5) is 25.8. The number of esters is 1. The molecule has 5 heteroatoms. The van der Waals surface area contributed by atoms with Crippen molar-refractivity contribution in [1.82, 2.24) is 5.32 Å². The van der Waals surface area contributed by atoms with Crippen molar-refractivity contribution in [2.45, 2.75) is 46.1 Å². The minimum atomic E-state index is -0.352. The van der Waals surface area contributed by atoms with Crippen LogP contribution in [-0.4, -0.2) is 11.8 Å². The fourth-order valence-corrected chi connectivity index (χ4v) is 5.34. The highest BCUT2D eigenvalue weighted by atomic mass is 127. The van der Waals surface area contributed by atoms with E-state index < -0.39 is 0 Å². The third-order valence-corrected chi connectivity index (χ3v) is 6.67. The van der Waals surface area contributed by atoms with Crippen LogP contribution in [0.25, 0.3) is 0 Å². The summed E-state index contributed by atoms with van der Waals surface area (Å²) in [7, 11) is 0. The van der Waals surface area contributed by atoms with Crippen molar-refractivity contribution in [3.05, 3.63) is 91.8 Å². The highest BCUT2D eigenvalue weighted by Gasteiger charge is 2.44. The van der Waals surface area contributed by atoms with Gasteiger partial charge in [0, 0.05) is 33.7 Å². The molecule has 0 saturated carbocycles. The summed E-state index contributed by atoms with van der Waals surface area (Å²) in [5, 5.41) is 3.38. The van der Waals surface area contributed by atoms with Gasteiger partial charge in [0.05, 0.1) is 5.57 Å². The summed E-state index contributed by atoms with van der Waals surface area (Å²) in [6, 6.07) is 17.9. The van der Waals surface area contributed by atoms with Crippen molar-refractivity contribution in [2.75, 3.05) is 0 Å². The summed E-state index contributed by atoms with van der Waals surface area (Å²) in [6.07, 6.45) is 0.849. The topological polar surface area (TPSA) is 55.4 Å². The van der Waals surface area contributed by atoms with E-state index in [0.29, 0.717) is 18.4 Å². The predicted molar refractivity (Wildman–Crippen MR) is 129 cm³/mol. The number of hydrogen-bond acceptors (Lipinski definition) is 4. The van der Waals surface area contributed by atoms with Crippen molar-refractivity contribution < 1.29 is 14.3 Å². The van der Waals surface area contributed by atoms with Gasteiger partial charge in [0.25, 0.3) is 0 Å². The molecule has 1 atom stereocenters. The maximum absolute atomic E-state index is 13.4. The number of allylic oxidation sites excluding steroid dienone is 3. The second-order valence-electron chi connectivity index (χ2n) is 8.88. The molecular formula is C26H26INO3. The van der Waals surface area contributed by atoms with Crippen molar-refractivity contribution in [3.63, 3.8) is 0 Å². The number of Topliss-reactive ketones (excluding diaryl/α,β-unsaturated/α-hetero) is 1. The van der Waals surface area contributed by atoms with Gasteiger partial charge in [0.15, 0.2) is 0 Å². The number of carbonyl (C=O) groups is 2. The minimum Gasteiger partial charge on any atom is -0.457 e. The number of dihydropyridines is 1. The number of hydrogen-bond donors (Lipinski definition) is 1. The summed E-state index contributed by atoms with van der Waals surface area (Å²) in [5.41, 5.74) is 5.08. The Balaban J connectivity index is 1.76. The van der Waals surface area contributed by atoms with Crippen molar-refractivity contribution >= 4 is 34.3 Å². The second-order valence-corrected chi connectivity index (χ2v) is 10.1. The molecule has 1 aliphatic heterocycles. The Morgan fingerprint density at radius 3 is 2.61 bits per heavy atom. The van der Waals surface area contributed by atoms with Crippen LogP contribution in [0.15, 0.2) is 77.1 Å². The van der Waals surface area contributed by atoms with Crippen molar-refractivity contribution in [2.24, 2.45) is 5.41 Å². The van der Waals surface area contributed by atoms with Gasteiger partial charge in [0.2, 0.25) is 0 Å². The Bertz CT molecular complexity index is 1100. The van der Waals surface area contributed by atoms with Gasteiger partial charge in [-0.15, -0.1) is 0 Å². The lowest BCUT2D eigenvalue weighted by Gasteiger charge is -2.43. The second kappa shape index (κ2) is 8.61. The van der Waals surface area contributed by atoms with E-state index in [2.05, 4.69) is 53.9 Å². The largest absolute Gasteiger partial charge is 0.457 e. The average molecular weight is 527 g/mol. The van der Waals surface area contributed by atoms with Gasteiger partial charge in [0.1, 0.15) is 12.4 Å². The molecule has 0 aromatic heterocycles. The molecule has 0 fully saturated rings. The minimum absolute atomic E-state index is 0.223. The van der Waals surface area contributed by atoms with Gasteiger partial charge >= 0.3 is 5.97 Å². The lowest BCUT2D eigenvalue weighted by atomic mass is 9.64. The van der Waals surface area contributed by atoms with E-state index >= 15 is 0 Å². The van der Waals surface area contributed by atoms with Crippen LogP contribution >= 0.6 is 22.6 Å². The molecule has 0 saturated heterocycles. The van der Waals surface area contributed by atoms with Gasteiger partial charge in [-0.1, -0.05) is 56.3 Å². The van der Waals surface area contributed by atoms with Gasteiger partial charge in [-0.2, -0.15) is 0 Å². The Hall–Kier alpha value is -2.41. The summed E-state index contributed by atoms with van der Waals surface area (Å²) in [6.45, 7) is 6.31. The molecule has 2 aliphatic rings. The highest BCUT2D eigenvalue weighted by molar-refractivity contribution is 14.1. The van der Waals surface area contributed by atoms with Gasteiger partial charge in [-0.05, 0) is 63.8 Å². The number of rotatable bonds is 4. The average Bonchev–Trinajstić information content (AvgIpc) is 2.71. The number of carbonyl (C=O) groups excluding carboxylic acids is 2. The van der Waals surface area contributed by atoms with Crippen LogP contribution in [0.1, 0.15) is 50.7 Å². The monoisotopic (exact) mass is 527 g/mol. The lowest BCUT2D eigenvalue weighted by molar-refractivity contribution is -0.140. The SMILES string of the molecule is CC1=C(C(=O)OCc2ccccc2)C(c2cccc(I)c2)C2=C(CC(=O)CC2(C)C)N1. The quantitative estimate of drug-likeness (QED) is 0.413. The molecule has 2 aromatic carbocycles. The molecule has 1 aliphatic carbocycles. The third-order valence-electron chi connectivity index (χ3n) is 6.00. The van der Waals surface area contributed by atoms with E-state index in [1.165, 1.54) is 0 Å².